The summed E-state index contributed by atoms with van der Waals surface area (Å²) in [5, 5.41) is 25.2. The Morgan fingerprint density at radius 3 is 2.29 bits per heavy atom. The zero-order valence-corrected chi connectivity index (χ0v) is 24.1. The number of nitrogens with one attached hydrogen (secondary N) is 1. The highest BCUT2D eigenvalue weighted by Crippen LogP contribution is 2.28. The van der Waals surface area contributed by atoms with Crippen molar-refractivity contribution >= 4 is 29.3 Å². The van der Waals surface area contributed by atoms with Crippen LogP contribution >= 0.6 is 11.3 Å². The molecule has 0 radical (unpaired) electrons. The molecule has 1 heterocycles. The molecule has 2 aromatic rings. The highest BCUT2D eigenvalue weighted by Gasteiger charge is 2.31. The van der Waals surface area contributed by atoms with Gasteiger partial charge in [-0.1, -0.05) is 51.1 Å². The molecule has 2 unspecified atom stereocenters. The smallest absolute Gasteiger partial charge is 0.410 e. The Morgan fingerprint density at radius 1 is 1.11 bits per heavy atom. The average Bonchev–Trinajstić information content (AvgIpc) is 3.32. The Labute approximate surface area is 229 Å². The molecule has 0 aliphatic carbocycles. The number of hydrogen-bond acceptors (Lipinski definition) is 7. The molecule has 0 bridgehead atoms. The first kappa shape index (κ1) is 31.2. The van der Waals surface area contributed by atoms with Crippen LogP contribution in [0.15, 0.2) is 35.7 Å². The molecule has 38 heavy (non-hydrogen) atoms. The monoisotopic (exact) mass is 547 g/mol. The van der Waals surface area contributed by atoms with E-state index < -0.39 is 41.6 Å². The highest BCUT2D eigenvalue weighted by atomic mass is 32.1. The predicted octanol–water partition coefficient (Wildman–Crippen LogP) is 4.91. The third kappa shape index (κ3) is 9.72. The number of thiazole rings is 1. The first-order chi connectivity index (χ1) is 17.7. The molecular weight excluding hydrogens is 506 g/mol. The van der Waals surface area contributed by atoms with Crippen molar-refractivity contribution < 1.29 is 29.3 Å². The lowest BCUT2D eigenvalue weighted by molar-refractivity contribution is -0.141. The summed E-state index contributed by atoms with van der Waals surface area (Å²) >= 11 is 1.17. The van der Waals surface area contributed by atoms with Gasteiger partial charge in [-0.2, -0.15) is 0 Å². The van der Waals surface area contributed by atoms with Gasteiger partial charge in [-0.3, -0.25) is 9.59 Å². The maximum Gasteiger partial charge on any atom is 0.410 e. The normalized spacial score (nSPS) is 14.9. The number of carboxylic acid groups (broad SMARTS) is 1. The molecule has 210 valence electrons. The highest BCUT2D eigenvalue weighted by molar-refractivity contribution is 7.09. The van der Waals surface area contributed by atoms with E-state index in [0.717, 1.165) is 5.56 Å². The van der Waals surface area contributed by atoms with Crippen LogP contribution in [0.4, 0.5) is 4.79 Å². The Bertz CT molecular complexity index is 1070. The lowest BCUT2D eigenvalue weighted by atomic mass is 9.96. The molecule has 3 N–H and O–H groups in total. The molecule has 4 atom stereocenters. The Hall–Kier alpha value is -2.98. The van der Waals surface area contributed by atoms with Gasteiger partial charge < -0.3 is 25.2 Å². The average molecular weight is 548 g/mol. The summed E-state index contributed by atoms with van der Waals surface area (Å²) in [6.07, 6.45) is -0.470. The van der Waals surface area contributed by atoms with Crippen molar-refractivity contribution in [1.29, 1.82) is 0 Å². The number of aromatic nitrogens is 1. The van der Waals surface area contributed by atoms with Crippen LogP contribution in [0, 0.1) is 11.8 Å². The molecule has 0 spiro atoms. The molecule has 0 saturated carbocycles. The minimum Gasteiger partial charge on any atom is -0.481 e. The first-order valence-corrected chi connectivity index (χ1v) is 13.7. The Balaban J connectivity index is 2.11. The minimum atomic E-state index is -0.981. The van der Waals surface area contributed by atoms with E-state index >= 15 is 0 Å². The predicted molar refractivity (Wildman–Crippen MR) is 147 cm³/mol. The molecule has 9 nitrogen and oxygen atoms in total. The second-order valence-electron chi connectivity index (χ2n) is 11.1. The number of carboxylic acids is 1. The second kappa shape index (κ2) is 13.7. The number of benzene rings is 1. The minimum absolute atomic E-state index is 0.0415. The summed E-state index contributed by atoms with van der Waals surface area (Å²) in [6.45, 7) is 10.9. The first-order valence-electron chi connectivity index (χ1n) is 12.8. The number of carbonyl (C=O) groups is 3. The van der Waals surface area contributed by atoms with Gasteiger partial charge in [0.05, 0.1) is 5.92 Å². The molecule has 1 aromatic carbocycles. The van der Waals surface area contributed by atoms with Crippen molar-refractivity contribution in [2.24, 2.45) is 11.8 Å². The second-order valence-corrected chi connectivity index (χ2v) is 11.9. The van der Waals surface area contributed by atoms with Crippen LogP contribution in [0.3, 0.4) is 0 Å². The molecule has 0 fully saturated rings. The molecule has 2 rings (SSSR count). The van der Waals surface area contributed by atoms with Crippen LogP contribution in [0.25, 0.3) is 0 Å². The third-order valence-electron chi connectivity index (χ3n) is 6.17. The maximum absolute atomic E-state index is 13.0. The maximum atomic E-state index is 13.0. The summed E-state index contributed by atoms with van der Waals surface area (Å²) in [5.74, 6) is -1.94. The summed E-state index contributed by atoms with van der Waals surface area (Å²) in [6, 6.07) is 8.84. The number of nitrogens with zero attached hydrogens (tertiary/aromatic N) is 2. The topological polar surface area (TPSA) is 129 Å². The summed E-state index contributed by atoms with van der Waals surface area (Å²) in [4.78, 5) is 42.9. The van der Waals surface area contributed by atoms with Crippen molar-refractivity contribution in [3.63, 3.8) is 0 Å². The summed E-state index contributed by atoms with van der Waals surface area (Å²) in [7, 11) is 1.65. The molecule has 0 aliphatic rings. The lowest BCUT2D eigenvalue weighted by Crippen LogP contribution is -2.44. The Morgan fingerprint density at radius 2 is 1.74 bits per heavy atom. The molecule has 1 aromatic heterocycles. The summed E-state index contributed by atoms with van der Waals surface area (Å²) < 4.78 is 5.48. The third-order valence-corrected chi connectivity index (χ3v) is 7.12. The van der Waals surface area contributed by atoms with Gasteiger partial charge in [-0.05, 0) is 45.1 Å². The van der Waals surface area contributed by atoms with Crippen LogP contribution < -0.4 is 5.32 Å². The molecule has 2 amide bonds. The van der Waals surface area contributed by atoms with Gasteiger partial charge in [0.1, 0.15) is 22.4 Å². The van der Waals surface area contributed by atoms with Crippen LogP contribution in [0.1, 0.15) is 81.5 Å². The Kier molecular flexibility index (Phi) is 11.3. The molecule has 0 saturated heterocycles. The van der Waals surface area contributed by atoms with E-state index in [1.54, 1.807) is 40.1 Å². The zero-order chi connectivity index (χ0) is 28.6. The largest absolute Gasteiger partial charge is 0.481 e. The van der Waals surface area contributed by atoms with Crippen LogP contribution in [0.5, 0.6) is 0 Å². The lowest BCUT2D eigenvalue weighted by Gasteiger charge is -2.34. The number of ether oxygens (including phenoxy) is 1. The molecule has 10 heteroatoms. The van der Waals surface area contributed by atoms with E-state index in [-0.39, 0.29) is 30.5 Å². The van der Waals surface area contributed by atoms with Gasteiger partial charge in [0, 0.05) is 30.9 Å². The van der Waals surface area contributed by atoms with Gasteiger partial charge in [0.25, 0.3) is 5.91 Å². The fraction of sp³-hybridized carbons (Fsp3) is 0.571. The van der Waals surface area contributed by atoms with Crippen LogP contribution in [-0.2, 0) is 16.0 Å². The number of aliphatic hydroxyl groups is 1. The van der Waals surface area contributed by atoms with Gasteiger partial charge in [0.2, 0.25) is 0 Å². The number of amides is 2. The SMILES string of the molecule is CC(CC(Cc1ccccc1)NC(=O)c1csc([C@H](O)C[C@H](C(C)C)N(C)C(=O)OC(C)(C)C)n1)C(=O)O. The van der Waals surface area contributed by atoms with Crippen molar-refractivity contribution in [3.05, 3.63) is 52.0 Å². The number of carbonyl (C=O) groups excluding carboxylic acids is 2. The van der Waals surface area contributed by atoms with Gasteiger partial charge in [0.15, 0.2) is 0 Å². The van der Waals surface area contributed by atoms with Crippen molar-refractivity contribution in [2.45, 2.75) is 84.6 Å². The van der Waals surface area contributed by atoms with Crippen LogP contribution in [0.2, 0.25) is 0 Å². The summed E-state index contributed by atoms with van der Waals surface area (Å²) in [5.41, 5.74) is 0.509. The quantitative estimate of drug-likeness (QED) is 0.344. The van der Waals surface area contributed by atoms with E-state index in [4.69, 9.17) is 4.74 Å². The number of hydrogen-bond donors (Lipinski definition) is 3. The van der Waals surface area contributed by atoms with E-state index in [2.05, 4.69) is 10.3 Å². The number of rotatable bonds is 12. The van der Waals surface area contributed by atoms with Gasteiger partial charge in [-0.15, -0.1) is 11.3 Å². The van der Waals surface area contributed by atoms with E-state index in [1.165, 1.54) is 16.2 Å². The van der Waals surface area contributed by atoms with Crippen molar-refractivity contribution in [1.82, 2.24) is 15.2 Å². The zero-order valence-electron chi connectivity index (χ0n) is 23.3. The fourth-order valence-corrected chi connectivity index (χ4v) is 4.90. The van der Waals surface area contributed by atoms with Crippen molar-refractivity contribution in [2.75, 3.05) is 7.05 Å². The molecule has 0 aliphatic heterocycles. The number of aliphatic hydroxyl groups excluding tert-OH is 1. The van der Waals surface area contributed by atoms with Crippen molar-refractivity contribution in [3.8, 4) is 0 Å². The van der Waals surface area contributed by atoms with Gasteiger partial charge in [-0.25, -0.2) is 9.78 Å². The number of aliphatic carboxylic acids is 1. The fourth-order valence-electron chi connectivity index (χ4n) is 4.10. The van der Waals surface area contributed by atoms with Gasteiger partial charge >= 0.3 is 12.1 Å². The standard InChI is InChI=1S/C28H41N3O6S/c1-17(2)22(31(7)27(36)37-28(4,5)6)15-23(32)25-30-21(16-38-25)24(33)29-20(13-18(3)26(34)35)14-19-11-9-8-10-12-19/h8-12,16-18,20,22-23,32H,13-15H2,1-7H3,(H,29,33)(H,34,35)/t18?,20?,22-,23-/m1/s1. The van der Waals surface area contributed by atoms with Crippen LogP contribution in [-0.4, -0.2) is 62.8 Å². The van der Waals surface area contributed by atoms with E-state index in [0.29, 0.717) is 11.4 Å². The van der Waals surface area contributed by atoms with E-state index in [1.807, 2.05) is 44.2 Å². The van der Waals surface area contributed by atoms with E-state index in [9.17, 15) is 24.6 Å². The molecular formula is C28H41N3O6S.